The van der Waals surface area contributed by atoms with Gasteiger partial charge < -0.3 is 23.9 Å². The van der Waals surface area contributed by atoms with Crippen molar-refractivity contribution in [3.05, 3.63) is 52.4 Å². The lowest BCUT2D eigenvalue weighted by Crippen LogP contribution is -2.30. The van der Waals surface area contributed by atoms with E-state index in [-0.39, 0.29) is 27.7 Å². The van der Waals surface area contributed by atoms with Crippen LogP contribution in [0.5, 0.6) is 11.5 Å². The number of aliphatic hydroxyl groups excluding tert-OH is 1. The first kappa shape index (κ1) is 20.8. The molecule has 29 heavy (non-hydrogen) atoms. The molecule has 3 rings (SSSR count). The lowest BCUT2D eigenvalue weighted by Gasteiger charge is -2.23. The molecule has 0 bridgehead atoms. The van der Waals surface area contributed by atoms with Crippen molar-refractivity contribution in [3.8, 4) is 11.5 Å². The topological polar surface area (TPSA) is 89.2 Å². The molecule has 2 aromatic rings. The first-order valence-corrected chi connectivity index (χ1v) is 9.56. The number of unbranched alkanes of at least 4 members (excludes halogenated alkanes) is 1. The summed E-state index contributed by atoms with van der Waals surface area (Å²) in [4.78, 5) is 27.0. The van der Waals surface area contributed by atoms with Gasteiger partial charge in [-0.05, 0) is 24.6 Å². The number of aliphatic hydroxyl groups is 1. The van der Waals surface area contributed by atoms with Gasteiger partial charge in [0.05, 0.1) is 36.6 Å². The van der Waals surface area contributed by atoms with Gasteiger partial charge in [-0.25, -0.2) is 0 Å². The minimum absolute atomic E-state index is 0.0660. The third kappa shape index (κ3) is 3.70. The van der Waals surface area contributed by atoms with Crippen LogP contribution in [0.2, 0.25) is 5.02 Å². The van der Waals surface area contributed by atoms with E-state index >= 15 is 0 Å². The molecule has 154 valence electrons. The lowest BCUT2D eigenvalue weighted by atomic mass is 9.98. The molecular formula is C21H22ClNO6. The third-order valence-electron chi connectivity index (χ3n) is 4.83. The number of rotatable bonds is 7. The van der Waals surface area contributed by atoms with Gasteiger partial charge in [-0.2, -0.15) is 0 Å². The number of carbonyl (C=O) groups is 2. The second-order valence-electron chi connectivity index (χ2n) is 6.55. The van der Waals surface area contributed by atoms with Gasteiger partial charge in [0, 0.05) is 12.6 Å². The molecule has 1 atom stereocenters. The highest BCUT2D eigenvalue weighted by molar-refractivity contribution is 6.46. The predicted molar refractivity (Wildman–Crippen MR) is 107 cm³/mol. The number of hydrogen-bond acceptors (Lipinski definition) is 6. The van der Waals surface area contributed by atoms with Crippen molar-refractivity contribution < 1.29 is 28.6 Å². The Hall–Kier alpha value is -2.93. The number of halogens is 1. The Bertz CT molecular complexity index is 950. The van der Waals surface area contributed by atoms with Crippen molar-refractivity contribution in [2.45, 2.75) is 25.8 Å². The summed E-state index contributed by atoms with van der Waals surface area (Å²) in [6.07, 6.45) is 3.01. The van der Waals surface area contributed by atoms with Crippen LogP contribution in [0.15, 0.2) is 40.5 Å². The van der Waals surface area contributed by atoms with E-state index in [0.717, 1.165) is 6.42 Å². The maximum Gasteiger partial charge on any atom is 0.295 e. The zero-order chi connectivity index (χ0) is 21.1. The molecule has 1 N–H and O–H groups in total. The van der Waals surface area contributed by atoms with Crippen LogP contribution >= 0.6 is 11.6 Å². The van der Waals surface area contributed by atoms with Crippen LogP contribution in [-0.4, -0.2) is 42.5 Å². The van der Waals surface area contributed by atoms with E-state index in [4.69, 9.17) is 25.5 Å². The fourth-order valence-corrected chi connectivity index (χ4v) is 3.60. The normalized spacial score (nSPS) is 18.3. The van der Waals surface area contributed by atoms with E-state index in [2.05, 4.69) is 0 Å². The van der Waals surface area contributed by atoms with Crippen LogP contribution in [0, 0.1) is 0 Å². The second-order valence-corrected chi connectivity index (χ2v) is 6.96. The van der Waals surface area contributed by atoms with Gasteiger partial charge in [0.15, 0.2) is 0 Å². The van der Waals surface area contributed by atoms with E-state index < -0.39 is 17.7 Å². The quantitative estimate of drug-likeness (QED) is 0.411. The molecule has 7 nitrogen and oxygen atoms in total. The van der Waals surface area contributed by atoms with E-state index in [1.807, 2.05) is 6.92 Å². The third-order valence-corrected chi connectivity index (χ3v) is 5.13. The molecule has 1 aromatic carbocycles. The van der Waals surface area contributed by atoms with Gasteiger partial charge in [0.2, 0.25) is 0 Å². The monoisotopic (exact) mass is 419 g/mol. The van der Waals surface area contributed by atoms with Crippen LogP contribution in [0.1, 0.15) is 37.1 Å². The average molecular weight is 420 g/mol. The molecule has 1 unspecified atom stereocenters. The van der Waals surface area contributed by atoms with Gasteiger partial charge in [0.25, 0.3) is 11.7 Å². The number of likely N-dealkylation sites (tertiary alicyclic amines) is 1. The van der Waals surface area contributed by atoms with Crippen molar-refractivity contribution in [1.29, 1.82) is 0 Å². The number of ketones is 1. The van der Waals surface area contributed by atoms with Crippen molar-refractivity contribution in [3.63, 3.8) is 0 Å². The maximum absolute atomic E-state index is 12.9. The fourth-order valence-electron chi connectivity index (χ4n) is 3.37. The number of hydrogen-bond donors (Lipinski definition) is 1. The smallest absolute Gasteiger partial charge is 0.295 e. The number of amides is 1. The average Bonchev–Trinajstić information content (AvgIpc) is 3.33. The minimum atomic E-state index is -0.831. The number of methoxy groups -OCH3 is 2. The summed E-state index contributed by atoms with van der Waals surface area (Å²) in [5.74, 6) is -0.912. The molecule has 1 aliphatic rings. The fraction of sp³-hybridized carbons (Fsp3) is 0.333. The number of ether oxygens (including phenoxy) is 2. The Morgan fingerprint density at radius 3 is 2.55 bits per heavy atom. The molecule has 8 heteroatoms. The number of Topliss-reactive ketones (excluding diaryl/α,β-unsaturated/α-hetero) is 1. The number of carbonyl (C=O) groups excluding carboxylic acids is 2. The summed E-state index contributed by atoms with van der Waals surface area (Å²) in [5.41, 5.74) is 0.127. The van der Waals surface area contributed by atoms with Gasteiger partial charge >= 0.3 is 0 Å². The van der Waals surface area contributed by atoms with Gasteiger partial charge in [-0.3, -0.25) is 9.59 Å². The van der Waals surface area contributed by atoms with Crippen molar-refractivity contribution in [1.82, 2.24) is 4.90 Å². The molecule has 1 fully saturated rings. The minimum Gasteiger partial charge on any atom is -0.507 e. The molecule has 0 spiro atoms. The van der Waals surface area contributed by atoms with Crippen LogP contribution < -0.4 is 9.47 Å². The highest BCUT2D eigenvalue weighted by Crippen LogP contribution is 2.43. The Labute approximate surface area is 173 Å². The van der Waals surface area contributed by atoms with Gasteiger partial charge in [-0.15, -0.1) is 0 Å². The van der Waals surface area contributed by atoms with Gasteiger partial charge in [0.1, 0.15) is 29.1 Å². The summed E-state index contributed by atoms with van der Waals surface area (Å²) >= 11 is 6.14. The Balaban J connectivity index is 2.21. The van der Waals surface area contributed by atoms with E-state index in [9.17, 15) is 14.7 Å². The van der Waals surface area contributed by atoms with Crippen LogP contribution in [0.3, 0.4) is 0 Å². The number of nitrogens with zero attached hydrogens (tertiary/aromatic N) is 1. The molecular weight excluding hydrogens is 398 g/mol. The maximum atomic E-state index is 12.9. The van der Waals surface area contributed by atoms with Crippen LogP contribution in [-0.2, 0) is 9.59 Å². The molecule has 2 heterocycles. The van der Waals surface area contributed by atoms with Crippen molar-refractivity contribution >= 4 is 29.1 Å². The summed E-state index contributed by atoms with van der Waals surface area (Å²) < 4.78 is 16.0. The van der Waals surface area contributed by atoms with Crippen LogP contribution in [0.4, 0.5) is 0 Å². The Morgan fingerprint density at radius 2 is 1.97 bits per heavy atom. The summed E-state index contributed by atoms with van der Waals surface area (Å²) in [6, 6.07) is 5.45. The van der Waals surface area contributed by atoms with E-state index in [1.165, 1.54) is 37.5 Å². The van der Waals surface area contributed by atoms with Gasteiger partial charge in [-0.1, -0.05) is 24.9 Å². The summed E-state index contributed by atoms with van der Waals surface area (Å²) in [6.45, 7) is 2.35. The zero-order valence-corrected chi connectivity index (χ0v) is 17.2. The Morgan fingerprint density at radius 1 is 1.24 bits per heavy atom. The molecule has 1 aromatic heterocycles. The first-order valence-electron chi connectivity index (χ1n) is 9.18. The predicted octanol–water partition coefficient (Wildman–Crippen LogP) is 4.17. The lowest BCUT2D eigenvalue weighted by molar-refractivity contribution is -0.140. The second kappa shape index (κ2) is 8.61. The molecule has 1 amide bonds. The molecule has 0 radical (unpaired) electrons. The van der Waals surface area contributed by atoms with Crippen molar-refractivity contribution in [2.75, 3.05) is 20.8 Å². The summed E-state index contributed by atoms with van der Waals surface area (Å²) in [7, 11) is 2.85. The molecule has 1 saturated heterocycles. The SMILES string of the molecule is CCCCN1C(=O)C(=O)/C(=C(/O)c2cc(OC)c(Cl)cc2OC)C1c1ccco1. The van der Waals surface area contributed by atoms with Crippen LogP contribution in [0.25, 0.3) is 5.76 Å². The highest BCUT2D eigenvalue weighted by atomic mass is 35.5. The Kier molecular flexibility index (Phi) is 6.17. The molecule has 1 aliphatic heterocycles. The molecule has 0 saturated carbocycles. The zero-order valence-electron chi connectivity index (χ0n) is 16.4. The largest absolute Gasteiger partial charge is 0.507 e. The molecule has 0 aliphatic carbocycles. The van der Waals surface area contributed by atoms with E-state index in [1.54, 1.807) is 12.1 Å². The number of furan rings is 1. The van der Waals surface area contributed by atoms with E-state index in [0.29, 0.717) is 24.5 Å². The number of benzene rings is 1. The highest BCUT2D eigenvalue weighted by Gasteiger charge is 2.47. The first-order chi connectivity index (χ1) is 13.9. The summed E-state index contributed by atoms with van der Waals surface area (Å²) in [5, 5.41) is 11.4. The van der Waals surface area contributed by atoms with Crippen molar-refractivity contribution in [2.24, 2.45) is 0 Å². The standard InChI is InChI=1S/C21H22ClNO6/c1-4-5-8-23-18(14-7-6-9-29-14)17(20(25)21(23)26)19(24)12-10-16(28-3)13(22)11-15(12)27-2/h6-7,9-11,18,24H,4-5,8H2,1-3H3/b19-17+.